The Morgan fingerprint density at radius 2 is 1.85 bits per heavy atom. The Hall–Kier alpha value is -3.68. The maximum absolute atomic E-state index is 14.1. The van der Waals surface area contributed by atoms with Gasteiger partial charge in [-0.1, -0.05) is 17.7 Å². The summed E-state index contributed by atoms with van der Waals surface area (Å²) in [5, 5.41) is 5.91. The molecule has 7 nitrogen and oxygen atoms in total. The minimum absolute atomic E-state index is 0.0137. The van der Waals surface area contributed by atoms with Gasteiger partial charge in [0.15, 0.2) is 17.2 Å². The fourth-order valence-electron chi connectivity index (χ4n) is 2.45. The minimum atomic E-state index is -0.597. The number of hydrogen-bond acceptors (Lipinski definition) is 6. The zero-order valence-electron chi connectivity index (χ0n) is 13.7. The number of aromatic nitrogens is 3. The van der Waals surface area contributed by atoms with Crippen LogP contribution in [0.3, 0.4) is 0 Å². The van der Waals surface area contributed by atoms with Crippen LogP contribution in [0.25, 0.3) is 11.1 Å². The second kappa shape index (κ2) is 6.32. The molecule has 26 heavy (non-hydrogen) atoms. The van der Waals surface area contributed by atoms with Crippen molar-refractivity contribution in [1.82, 2.24) is 15.0 Å². The predicted octanol–water partition coefficient (Wildman–Crippen LogP) is 3.85. The third-order valence-corrected chi connectivity index (χ3v) is 3.73. The number of hydrogen-bond donors (Lipinski definition) is 3. The summed E-state index contributed by atoms with van der Waals surface area (Å²) in [6, 6.07) is 12.6. The molecule has 0 amide bonds. The van der Waals surface area contributed by atoms with Crippen molar-refractivity contribution < 1.29 is 8.81 Å². The normalized spacial score (nSPS) is 10.8. The number of halogens is 1. The molecular weight excluding hydrogens is 337 g/mol. The number of benzene rings is 2. The Morgan fingerprint density at radius 3 is 2.65 bits per heavy atom. The summed E-state index contributed by atoms with van der Waals surface area (Å²) < 4.78 is 19.0. The van der Waals surface area contributed by atoms with Crippen molar-refractivity contribution in [1.29, 1.82) is 0 Å². The number of oxazole rings is 1. The first kappa shape index (κ1) is 15.8. The van der Waals surface area contributed by atoms with E-state index in [9.17, 15) is 9.18 Å². The van der Waals surface area contributed by atoms with Crippen molar-refractivity contribution in [3.05, 3.63) is 70.6 Å². The number of anilines is 4. The summed E-state index contributed by atoms with van der Waals surface area (Å²) in [5.74, 6) is -0.870. The molecule has 2 heterocycles. The predicted molar refractivity (Wildman–Crippen MR) is 96.6 cm³/mol. The van der Waals surface area contributed by atoms with Crippen molar-refractivity contribution in [3.63, 3.8) is 0 Å². The van der Waals surface area contributed by atoms with Crippen LogP contribution in [0.2, 0.25) is 0 Å². The molecule has 3 N–H and O–H groups in total. The van der Waals surface area contributed by atoms with Gasteiger partial charge in [-0.3, -0.25) is 4.98 Å². The number of aryl methyl sites for hydroxylation is 1. The molecule has 0 bridgehead atoms. The molecule has 0 spiro atoms. The first-order valence-electron chi connectivity index (χ1n) is 7.83. The highest BCUT2D eigenvalue weighted by Gasteiger charge is 2.09. The van der Waals surface area contributed by atoms with Crippen LogP contribution in [0, 0.1) is 12.7 Å². The molecule has 4 rings (SSSR count). The fraction of sp³-hybridized carbons (Fsp3) is 0.0556. The third-order valence-electron chi connectivity index (χ3n) is 3.73. The lowest BCUT2D eigenvalue weighted by molar-refractivity contribution is 0.555. The van der Waals surface area contributed by atoms with Crippen LogP contribution in [-0.4, -0.2) is 15.0 Å². The lowest BCUT2D eigenvalue weighted by Gasteiger charge is -2.09. The Labute approximate surface area is 146 Å². The van der Waals surface area contributed by atoms with Gasteiger partial charge in [0.1, 0.15) is 0 Å². The summed E-state index contributed by atoms with van der Waals surface area (Å²) in [4.78, 5) is 21.9. The average Bonchev–Trinajstić information content (AvgIpc) is 2.99. The summed E-state index contributed by atoms with van der Waals surface area (Å²) >= 11 is 0. The molecule has 4 aromatic rings. The fourth-order valence-corrected chi connectivity index (χ4v) is 2.45. The van der Waals surface area contributed by atoms with Gasteiger partial charge in [0, 0.05) is 11.4 Å². The largest absolute Gasteiger partial charge is 0.417 e. The smallest absolute Gasteiger partial charge is 0.408 e. The average molecular weight is 351 g/mol. The topological polar surface area (TPSA) is 95.8 Å². The van der Waals surface area contributed by atoms with E-state index in [0.29, 0.717) is 16.8 Å². The van der Waals surface area contributed by atoms with Gasteiger partial charge in [0.25, 0.3) is 0 Å². The zero-order chi connectivity index (χ0) is 18.1. The minimum Gasteiger partial charge on any atom is -0.408 e. The summed E-state index contributed by atoms with van der Waals surface area (Å²) in [6.45, 7) is 1.99. The van der Waals surface area contributed by atoms with Gasteiger partial charge in [0.2, 0.25) is 5.95 Å². The van der Waals surface area contributed by atoms with E-state index in [-0.39, 0.29) is 11.8 Å². The summed E-state index contributed by atoms with van der Waals surface area (Å²) in [7, 11) is 0. The van der Waals surface area contributed by atoms with Crippen LogP contribution in [0.15, 0.2) is 57.9 Å². The van der Waals surface area contributed by atoms with Crippen LogP contribution in [0.1, 0.15) is 5.56 Å². The molecule has 0 radical (unpaired) electrons. The quantitative estimate of drug-likeness (QED) is 0.517. The summed E-state index contributed by atoms with van der Waals surface area (Å²) in [6.07, 6.45) is 1.09. The third kappa shape index (κ3) is 3.25. The maximum atomic E-state index is 14.1. The van der Waals surface area contributed by atoms with Gasteiger partial charge in [-0.15, -0.1) is 0 Å². The van der Waals surface area contributed by atoms with Crippen molar-refractivity contribution in [3.8, 4) is 0 Å². The lowest BCUT2D eigenvalue weighted by atomic mass is 10.2. The van der Waals surface area contributed by atoms with Crippen LogP contribution >= 0.6 is 0 Å². The van der Waals surface area contributed by atoms with Gasteiger partial charge < -0.3 is 15.1 Å². The molecule has 130 valence electrons. The first-order chi connectivity index (χ1) is 12.6. The highest BCUT2D eigenvalue weighted by molar-refractivity contribution is 5.78. The second-order valence-electron chi connectivity index (χ2n) is 5.73. The van der Waals surface area contributed by atoms with E-state index in [2.05, 4.69) is 25.6 Å². The monoisotopic (exact) mass is 351 g/mol. The van der Waals surface area contributed by atoms with Crippen molar-refractivity contribution >= 4 is 34.2 Å². The number of rotatable bonds is 4. The number of nitrogens with one attached hydrogen (secondary N) is 3. The van der Waals surface area contributed by atoms with Gasteiger partial charge in [0.05, 0.1) is 11.7 Å². The number of fused-ring (bicyclic) bond motifs is 1. The maximum Gasteiger partial charge on any atom is 0.417 e. The van der Waals surface area contributed by atoms with E-state index < -0.39 is 11.6 Å². The summed E-state index contributed by atoms with van der Waals surface area (Å²) in [5.41, 5.74) is 3.41. The number of aromatic amines is 1. The van der Waals surface area contributed by atoms with Crippen LogP contribution in [0.5, 0.6) is 0 Å². The van der Waals surface area contributed by atoms with Gasteiger partial charge in [-0.05, 0) is 37.3 Å². The zero-order valence-corrected chi connectivity index (χ0v) is 13.7. The molecule has 0 fully saturated rings. The molecule has 0 saturated carbocycles. The highest BCUT2D eigenvalue weighted by Crippen LogP contribution is 2.23. The van der Waals surface area contributed by atoms with E-state index in [1.165, 1.54) is 0 Å². The Bertz CT molecular complexity index is 1130. The van der Waals surface area contributed by atoms with Crippen LogP contribution in [-0.2, 0) is 0 Å². The molecule has 0 aliphatic rings. The molecule has 0 unspecified atom stereocenters. The van der Waals surface area contributed by atoms with Crippen molar-refractivity contribution in [2.45, 2.75) is 6.92 Å². The Morgan fingerprint density at radius 1 is 1.08 bits per heavy atom. The molecular formula is C18H14FN5O2. The van der Waals surface area contributed by atoms with Crippen molar-refractivity contribution in [2.24, 2.45) is 0 Å². The van der Waals surface area contributed by atoms with Crippen LogP contribution < -0.4 is 16.4 Å². The standard InChI is InChI=1S/C18H14FN5O2/c1-10-2-4-11(5-3-10)22-17-20-9-13(19)16(24-17)21-12-6-7-15-14(8-12)23-18(25)26-15/h2-9H,1H3,(H,23,25)(H2,20,21,22,24). The lowest BCUT2D eigenvalue weighted by Crippen LogP contribution is -2.03. The van der Waals surface area contributed by atoms with Crippen molar-refractivity contribution in [2.75, 3.05) is 10.6 Å². The van der Waals surface area contributed by atoms with Crippen LogP contribution in [0.4, 0.5) is 27.5 Å². The molecule has 2 aromatic heterocycles. The molecule has 0 atom stereocenters. The molecule has 2 aromatic carbocycles. The molecule has 0 aliphatic heterocycles. The van der Waals surface area contributed by atoms with E-state index >= 15 is 0 Å². The molecule has 0 saturated heterocycles. The SMILES string of the molecule is Cc1ccc(Nc2ncc(F)c(Nc3ccc4oc(=O)[nH]c4c3)n2)cc1. The second-order valence-corrected chi connectivity index (χ2v) is 5.73. The van der Waals surface area contributed by atoms with Gasteiger partial charge in [-0.25, -0.2) is 14.2 Å². The highest BCUT2D eigenvalue weighted by atomic mass is 19.1. The molecule has 0 aliphatic carbocycles. The first-order valence-corrected chi connectivity index (χ1v) is 7.83. The van der Waals surface area contributed by atoms with Gasteiger partial charge in [-0.2, -0.15) is 4.98 Å². The number of H-pyrrole nitrogens is 1. The Kier molecular flexibility index (Phi) is 3.85. The van der Waals surface area contributed by atoms with E-state index in [1.54, 1.807) is 18.2 Å². The molecule has 8 heteroatoms. The van der Waals surface area contributed by atoms with E-state index in [0.717, 1.165) is 17.4 Å². The Balaban J connectivity index is 1.60. The van der Waals surface area contributed by atoms with Gasteiger partial charge >= 0.3 is 5.76 Å². The van der Waals surface area contributed by atoms with E-state index in [4.69, 9.17) is 4.42 Å². The van der Waals surface area contributed by atoms with E-state index in [1.807, 2.05) is 31.2 Å². The number of nitrogens with zero attached hydrogens (tertiary/aromatic N) is 2.